The summed E-state index contributed by atoms with van der Waals surface area (Å²) in [5.41, 5.74) is 0.489. The summed E-state index contributed by atoms with van der Waals surface area (Å²) >= 11 is 0. The molecule has 1 rings (SSSR count). The largest absolute Gasteiger partial charge is 0.497 e. The first-order valence-electron chi connectivity index (χ1n) is 4.11. The molecule has 0 unspecified atom stereocenters. The molecular weight excluding hydrogens is 180 g/mol. The number of carbonyl (C=O) groups is 1. The highest BCUT2D eigenvalue weighted by molar-refractivity contribution is 6.06. The molecule has 0 amide bonds. The number of carbonyl (C=O) groups excluding carboxylic acids is 1. The number of benzene rings is 1. The highest BCUT2D eigenvalue weighted by atomic mass is 16.5. The number of allylic oxidation sites excluding steroid dienone is 1. The van der Waals surface area contributed by atoms with Crippen LogP contribution in [0.15, 0.2) is 30.9 Å². The van der Waals surface area contributed by atoms with Crippen LogP contribution in [0.3, 0.4) is 0 Å². The van der Waals surface area contributed by atoms with Gasteiger partial charge < -0.3 is 9.47 Å². The van der Waals surface area contributed by atoms with E-state index in [1.165, 1.54) is 13.2 Å². The van der Waals surface area contributed by atoms with Crippen molar-refractivity contribution in [2.24, 2.45) is 0 Å². The van der Waals surface area contributed by atoms with Gasteiger partial charge in [-0.05, 0) is 18.2 Å². The van der Waals surface area contributed by atoms with Crippen LogP contribution in [0.25, 0.3) is 0 Å². The van der Waals surface area contributed by atoms with E-state index < -0.39 is 0 Å². The maximum Gasteiger partial charge on any atom is 0.188 e. The van der Waals surface area contributed by atoms with Gasteiger partial charge in [0, 0.05) is 6.07 Å². The second-order valence-corrected chi connectivity index (χ2v) is 2.63. The van der Waals surface area contributed by atoms with Crippen molar-refractivity contribution in [2.45, 2.75) is 0 Å². The van der Waals surface area contributed by atoms with Crippen LogP contribution in [0.1, 0.15) is 10.4 Å². The number of ether oxygens (including phenoxy) is 2. The molecule has 0 aromatic heterocycles. The van der Waals surface area contributed by atoms with Crippen LogP contribution in [-0.4, -0.2) is 20.0 Å². The van der Waals surface area contributed by atoms with Crippen LogP contribution in [0.5, 0.6) is 11.5 Å². The quantitative estimate of drug-likeness (QED) is 0.541. The van der Waals surface area contributed by atoms with E-state index in [-0.39, 0.29) is 5.78 Å². The van der Waals surface area contributed by atoms with Gasteiger partial charge in [-0.1, -0.05) is 6.58 Å². The average molecular weight is 192 g/mol. The van der Waals surface area contributed by atoms with Crippen LogP contribution >= 0.6 is 0 Å². The molecule has 3 heteroatoms. The maximum atomic E-state index is 11.4. The third kappa shape index (κ3) is 1.93. The SMILES string of the molecule is C=CC(=O)c1ccc(OC)cc1OC. The number of hydrogen-bond acceptors (Lipinski definition) is 3. The van der Waals surface area contributed by atoms with Gasteiger partial charge in [0.05, 0.1) is 19.8 Å². The van der Waals surface area contributed by atoms with Crippen molar-refractivity contribution in [2.75, 3.05) is 14.2 Å². The third-order valence-corrected chi connectivity index (χ3v) is 1.86. The fourth-order valence-corrected chi connectivity index (χ4v) is 1.11. The number of rotatable bonds is 4. The number of hydrogen-bond donors (Lipinski definition) is 0. The fourth-order valence-electron chi connectivity index (χ4n) is 1.11. The lowest BCUT2D eigenvalue weighted by molar-refractivity contribution is 0.104. The minimum Gasteiger partial charge on any atom is -0.497 e. The zero-order valence-electron chi connectivity index (χ0n) is 8.24. The molecular formula is C11H12O3. The summed E-state index contributed by atoms with van der Waals surface area (Å²) in [6.07, 6.45) is 1.25. The normalized spacial score (nSPS) is 9.29. The van der Waals surface area contributed by atoms with Gasteiger partial charge in [0.15, 0.2) is 5.78 Å². The minimum atomic E-state index is -0.162. The first kappa shape index (κ1) is 10.3. The van der Waals surface area contributed by atoms with E-state index in [0.29, 0.717) is 17.1 Å². The van der Waals surface area contributed by atoms with Gasteiger partial charge in [-0.15, -0.1) is 0 Å². The summed E-state index contributed by atoms with van der Waals surface area (Å²) in [5, 5.41) is 0. The molecule has 0 aliphatic heterocycles. The molecule has 74 valence electrons. The molecule has 0 aliphatic carbocycles. The van der Waals surface area contributed by atoms with Crippen molar-refractivity contribution in [3.8, 4) is 11.5 Å². The lowest BCUT2D eigenvalue weighted by Crippen LogP contribution is -1.98. The molecule has 0 N–H and O–H groups in total. The Morgan fingerprint density at radius 3 is 2.57 bits per heavy atom. The summed E-state index contributed by atoms with van der Waals surface area (Å²) in [6, 6.07) is 5.03. The van der Waals surface area contributed by atoms with Crippen LogP contribution in [0.2, 0.25) is 0 Å². The molecule has 0 saturated carbocycles. The van der Waals surface area contributed by atoms with Gasteiger partial charge in [-0.25, -0.2) is 0 Å². The highest BCUT2D eigenvalue weighted by Crippen LogP contribution is 2.24. The number of methoxy groups -OCH3 is 2. The maximum absolute atomic E-state index is 11.4. The van der Waals surface area contributed by atoms with Crippen molar-refractivity contribution in [1.82, 2.24) is 0 Å². The molecule has 14 heavy (non-hydrogen) atoms. The molecule has 0 saturated heterocycles. The Morgan fingerprint density at radius 1 is 1.36 bits per heavy atom. The van der Waals surface area contributed by atoms with E-state index >= 15 is 0 Å². The van der Waals surface area contributed by atoms with Crippen molar-refractivity contribution in [3.63, 3.8) is 0 Å². The molecule has 1 aromatic carbocycles. The van der Waals surface area contributed by atoms with Gasteiger partial charge >= 0.3 is 0 Å². The zero-order valence-corrected chi connectivity index (χ0v) is 8.24. The van der Waals surface area contributed by atoms with Gasteiger partial charge in [0.25, 0.3) is 0 Å². The molecule has 0 fully saturated rings. The van der Waals surface area contributed by atoms with Crippen molar-refractivity contribution >= 4 is 5.78 Å². The molecule has 1 aromatic rings. The summed E-state index contributed by atoms with van der Waals surface area (Å²) < 4.78 is 10.1. The summed E-state index contributed by atoms with van der Waals surface area (Å²) in [5.74, 6) is 0.987. The predicted molar refractivity (Wildman–Crippen MR) is 54.1 cm³/mol. The van der Waals surface area contributed by atoms with E-state index in [1.807, 2.05) is 0 Å². The Bertz CT molecular complexity index is 356. The average Bonchev–Trinajstić information content (AvgIpc) is 2.27. The Kier molecular flexibility index (Phi) is 3.29. The second kappa shape index (κ2) is 4.46. The molecule has 0 aliphatic rings. The Balaban J connectivity index is 3.17. The molecule has 0 atom stereocenters. The van der Waals surface area contributed by atoms with Crippen molar-refractivity contribution in [3.05, 3.63) is 36.4 Å². The summed E-state index contributed by atoms with van der Waals surface area (Å²) in [6.45, 7) is 3.42. The van der Waals surface area contributed by atoms with Gasteiger partial charge in [0.2, 0.25) is 0 Å². The van der Waals surface area contributed by atoms with Crippen LogP contribution in [0, 0.1) is 0 Å². The summed E-state index contributed by atoms with van der Waals surface area (Å²) in [4.78, 5) is 11.4. The van der Waals surface area contributed by atoms with Gasteiger partial charge in [0.1, 0.15) is 11.5 Å². The van der Waals surface area contributed by atoms with E-state index in [2.05, 4.69) is 6.58 Å². The lowest BCUT2D eigenvalue weighted by Gasteiger charge is -2.07. The van der Waals surface area contributed by atoms with E-state index in [1.54, 1.807) is 25.3 Å². The van der Waals surface area contributed by atoms with E-state index in [4.69, 9.17) is 9.47 Å². The Labute approximate surface area is 83.0 Å². The molecule has 0 bridgehead atoms. The minimum absolute atomic E-state index is 0.162. The summed E-state index contributed by atoms with van der Waals surface area (Å²) in [7, 11) is 3.07. The van der Waals surface area contributed by atoms with Crippen LogP contribution < -0.4 is 9.47 Å². The van der Waals surface area contributed by atoms with Crippen LogP contribution in [-0.2, 0) is 0 Å². The first-order valence-corrected chi connectivity index (χ1v) is 4.11. The monoisotopic (exact) mass is 192 g/mol. The standard InChI is InChI=1S/C11H12O3/c1-4-10(12)9-6-5-8(13-2)7-11(9)14-3/h4-7H,1H2,2-3H3. The van der Waals surface area contributed by atoms with Crippen molar-refractivity contribution < 1.29 is 14.3 Å². The smallest absolute Gasteiger partial charge is 0.188 e. The first-order chi connectivity index (χ1) is 6.72. The van der Waals surface area contributed by atoms with Crippen LogP contribution in [0.4, 0.5) is 0 Å². The topological polar surface area (TPSA) is 35.5 Å². The molecule has 0 radical (unpaired) electrons. The van der Waals surface area contributed by atoms with Crippen molar-refractivity contribution in [1.29, 1.82) is 0 Å². The van der Waals surface area contributed by atoms with Gasteiger partial charge in [-0.2, -0.15) is 0 Å². The predicted octanol–water partition coefficient (Wildman–Crippen LogP) is 2.07. The number of ketones is 1. The molecule has 0 spiro atoms. The second-order valence-electron chi connectivity index (χ2n) is 2.63. The Hall–Kier alpha value is -1.77. The highest BCUT2D eigenvalue weighted by Gasteiger charge is 2.09. The van der Waals surface area contributed by atoms with E-state index in [0.717, 1.165) is 0 Å². The van der Waals surface area contributed by atoms with Gasteiger partial charge in [-0.3, -0.25) is 4.79 Å². The molecule has 3 nitrogen and oxygen atoms in total. The third-order valence-electron chi connectivity index (χ3n) is 1.86. The Morgan fingerprint density at radius 2 is 2.07 bits per heavy atom. The fraction of sp³-hybridized carbons (Fsp3) is 0.182. The zero-order chi connectivity index (χ0) is 10.6. The molecule has 0 heterocycles. The van der Waals surface area contributed by atoms with E-state index in [9.17, 15) is 4.79 Å². The lowest BCUT2D eigenvalue weighted by atomic mass is 10.1.